The normalized spacial score (nSPS) is 16.6. The predicted molar refractivity (Wildman–Crippen MR) is 79.2 cm³/mol. The number of nitrogen functional groups attached to an aromatic ring is 1. The van der Waals surface area contributed by atoms with Crippen LogP contribution in [0.3, 0.4) is 0 Å². The van der Waals surface area contributed by atoms with Crippen LogP contribution in [0, 0.1) is 11.3 Å². The molecule has 0 amide bonds. The van der Waals surface area contributed by atoms with E-state index in [1.54, 1.807) is 6.07 Å². The standard InChI is InChI=1S/C14H18ClN5/c1-9(2)14(5-6-14)8-20-13(17-18-19-20)11-4-3-10(16)7-12(11)15/h3-4,7,9H,5-6,8,16H2,1-2H3. The molecular formula is C14H18ClN5. The van der Waals surface area contributed by atoms with E-state index in [4.69, 9.17) is 17.3 Å². The summed E-state index contributed by atoms with van der Waals surface area (Å²) in [5, 5.41) is 12.6. The minimum atomic E-state index is 0.338. The van der Waals surface area contributed by atoms with Crippen molar-refractivity contribution in [3.05, 3.63) is 23.2 Å². The predicted octanol–water partition coefficient (Wildman–Crippen LogP) is 3.01. The number of nitrogens with two attached hydrogens (primary N) is 1. The second-order valence-electron chi connectivity index (χ2n) is 5.92. The SMILES string of the molecule is CC(C)C1(Cn2nnnc2-c2ccc(N)cc2Cl)CC1. The number of tetrazole rings is 1. The van der Waals surface area contributed by atoms with Crippen molar-refractivity contribution in [3.63, 3.8) is 0 Å². The summed E-state index contributed by atoms with van der Waals surface area (Å²) >= 11 is 6.25. The Morgan fingerprint density at radius 3 is 2.75 bits per heavy atom. The van der Waals surface area contributed by atoms with Gasteiger partial charge >= 0.3 is 0 Å². The Kier molecular flexibility index (Phi) is 3.17. The number of halogens is 1. The first-order valence-electron chi connectivity index (χ1n) is 6.83. The van der Waals surface area contributed by atoms with Gasteiger partial charge < -0.3 is 5.73 Å². The molecule has 0 saturated heterocycles. The molecule has 0 bridgehead atoms. The highest BCUT2D eigenvalue weighted by atomic mass is 35.5. The third kappa shape index (κ3) is 2.26. The van der Waals surface area contributed by atoms with E-state index in [-0.39, 0.29) is 0 Å². The fourth-order valence-corrected chi connectivity index (χ4v) is 2.87. The summed E-state index contributed by atoms with van der Waals surface area (Å²) in [5.74, 6) is 1.34. The summed E-state index contributed by atoms with van der Waals surface area (Å²) in [6.07, 6.45) is 2.47. The van der Waals surface area contributed by atoms with Gasteiger partial charge in [0.15, 0.2) is 5.82 Å². The van der Waals surface area contributed by atoms with E-state index in [0.717, 1.165) is 12.1 Å². The quantitative estimate of drug-likeness (QED) is 0.879. The summed E-state index contributed by atoms with van der Waals surface area (Å²) < 4.78 is 1.87. The van der Waals surface area contributed by atoms with Gasteiger partial charge in [-0.05, 0) is 52.8 Å². The van der Waals surface area contributed by atoms with Gasteiger partial charge in [0.05, 0.1) is 11.6 Å². The molecule has 2 aromatic rings. The van der Waals surface area contributed by atoms with Crippen molar-refractivity contribution in [2.45, 2.75) is 33.2 Å². The molecule has 3 rings (SSSR count). The van der Waals surface area contributed by atoms with Gasteiger partial charge in [-0.25, -0.2) is 4.68 Å². The molecule has 1 aromatic carbocycles. The second-order valence-corrected chi connectivity index (χ2v) is 6.32. The third-order valence-corrected chi connectivity index (χ3v) is 4.66. The number of rotatable bonds is 4. The van der Waals surface area contributed by atoms with Crippen molar-refractivity contribution in [2.24, 2.45) is 11.3 Å². The molecule has 1 heterocycles. The van der Waals surface area contributed by atoms with Crippen LogP contribution < -0.4 is 5.73 Å². The Morgan fingerprint density at radius 1 is 1.40 bits per heavy atom. The van der Waals surface area contributed by atoms with Gasteiger partial charge in [0.2, 0.25) is 0 Å². The summed E-state index contributed by atoms with van der Waals surface area (Å²) in [6.45, 7) is 5.36. The van der Waals surface area contributed by atoms with E-state index in [0.29, 0.717) is 27.9 Å². The van der Waals surface area contributed by atoms with Crippen molar-refractivity contribution in [1.82, 2.24) is 20.2 Å². The first-order chi connectivity index (χ1) is 9.52. The molecule has 1 aromatic heterocycles. The van der Waals surface area contributed by atoms with Crippen LogP contribution in [0.5, 0.6) is 0 Å². The van der Waals surface area contributed by atoms with Crippen LogP contribution >= 0.6 is 11.6 Å². The number of hydrogen-bond acceptors (Lipinski definition) is 4. The molecule has 20 heavy (non-hydrogen) atoms. The number of anilines is 1. The largest absolute Gasteiger partial charge is 0.399 e. The third-order valence-electron chi connectivity index (χ3n) is 4.35. The van der Waals surface area contributed by atoms with Crippen LogP contribution in [-0.2, 0) is 6.54 Å². The maximum atomic E-state index is 6.25. The Morgan fingerprint density at radius 2 is 2.15 bits per heavy atom. The fraction of sp³-hybridized carbons (Fsp3) is 0.500. The topological polar surface area (TPSA) is 69.6 Å². The molecule has 0 atom stereocenters. The van der Waals surface area contributed by atoms with E-state index >= 15 is 0 Å². The smallest absolute Gasteiger partial charge is 0.183 e. The summed E-state index contributed by atoms with van der Waals surface area (Å²) in [6, 6.07) is 5.41. The van der Waals surface area contributed by atoms with Gasteiger partial charge in [0.1, 0.15) is 0 Å². The van der Waals surface area contributed by atoms with Crippen LogP contribution in [0.25, 0.3) is 11.4 Å². The minimum Gasteiger partial charge on any atom is -0.399 e. The highest BCUT2D eigenvalue weighted by Crippen LogP contribution is 2.53. The molecule has 6 heteroatoms. The van der Waals surface area contributed by atoms with Crippen molar-refractivity contribution in [1.29, 1.82) is 0 Å². The maximum absolute atomic E-state index is 6.25. The van der Waals surface area contributed by atoms with Crippen LogP contribution in [0.15, 0.2) is 18.2 Å². The van der Waals surface area contributed by atoms with Crippen molar-refractivity contribution < 1.29 is 0 Å². The first kappa shape index (κ1) is 13.4. The molecule has 2 N–H and O–H groups in total. The Balaban J connectivity index is 1.94. The lowest BCUT2D eigenvalue weighted by Gasteiger charge is -2.19. The van der Waals surface area contributed by atoms with Crippen molar-refractivity contribution >= 4 is 17.3 Å². The van der Waals surface area contributed by atoms with Crippen LogP contribution in [0.2, 0.25) is 5.02 Å². The zero-order valence-electron chi connectivity index (χ0n) is 11.7. The maximum Gasteiger partial charge on any atom is 0.183 e. The lowest BCUT2D eigenvalue weighted by Crippen LogP contribution is -2.19. The average molecular weight is 292 g/mol. The lowest BCUT2D eigenvalue weighted by atomic mass is 9.92. The molecule has 0 spiro atoms. The van der Waals surface area contributed by atoms with Gasteiger partial charge in [-0.3, -0.25) is 0 Å². The van der Waals surface area contributed by atoms with Gasteiger partial charge in [-0.1, -0.05) is 25.4 Å². The highest BCUT2D eigenvalue weighted by Gasteiger charge is 2.46. The van der Waals surface area contributed by atoms with Gasteiger partial charge in [0, 0.05) is 11.3 Å². The molecule has 1 aliphatic carbocycles. The van der Waals surface area contributed by atoms with Crippen LogP contribution in [0.1, 0.15) is 26.7 Å². The zero-order valence-corrected chi connectivity index (χ0v) is 12.4. The molecule has 5 nitrogen and oxygen atoms in total. The van der Waals surface area contributed by atoms with E-state index in [2.05, 4.69) is 29.4 Å². The number of hydrogen-bond donors (Lipinski definition) is 1. The summed E-state index contributed by atoms with van der Waals surface area (Å²) in [4.78, 5) is 0. The van der Waals surface area contributed by atoms with E-state index in [1.807, 2.05) is 16.8 Å². The number of benzene rings is 1. The van der Waals surface area contributed by atoms with E-state index in [9.17, 15) is 0 Å². The summed E-state index contributed by atoms with van der Waals surface area (Å²) in [5.41, 5.74) is 7.53. The van der Waals surface area contributed by atoms with Crippen molar-refractivity contribution in [3.8, 4) is 11.4 Å². The van der Waals surface area contributed by atoms with Crippen LogP contribution in [0.4, 0.5) is 5.69 Å². The Hall–Kier alpha value is -1.62. The van der Waals surface area contributed by atoms with Crippen molar-refractivity contribution in [2.75, 3.05) is 5.73 Å². The Bertz CT molecular complexity index is 630. The molecule has 0 aliphatic heterocycles. The van der Waals surface area contributed by atoms with Gasteiger partial charge in [-0.2, -0.15) is 0 Å². The van der Waals surface area contributed by atoms with E-state index in [1.165, 1.54) is 12.8 Å². The van der Waals surface area contributed by atoms with Gasteiger partial charge in [0.25, 0.3) is 0 Å². The minimum absolute atomic E-state index is 0.338. The monoisotopic (exact) mass is 291 g/mol. The molecular weight excluding hydrogens is 274 g/mol. The second kappa shape index (κ2) is 4.74. The molecule has 106 valence electrons. The number of aromatic nitrogens is 4. The van der Waals surface area contributed by atoms with Gasteiger partial charge in [-0.15, -0.1) is 5.10 Å². The molecule has 1 saturated carbocycles. The fourth-order valence-electron chi connectivity index (χ4n) is 2.59. The molecule has 1 fully saturated rings. The zero-order chi connectivity index (χ0) is 14.3. The number of nitrogens with zero attached hydrogens (tertiary/aromatic N) is 4. The molecule has 0 unspecified atom stereocenters. The molecule has 0 radical (unpaired) electrons. The molecule has 1 aliphatic rings. The van der Waals surface area contributed by atoms with E-state index < -0.39 is 0 Å². The first-order valence-corrected chi connectivity index (χ1v) is 7.21. The lowest BCUT2D eigenvalue weighted by molar-refractivity contribution is 0.294. The highest BCUT2D eigenvalue weighted by molar-refractivity contribution is 6.33. The Labute approximate surface area is 123 Å². The summed E-state index contributed by atoms with van der Waals surface area (Å²) in [7, 11) is 0. The average Bonchev–Trinajstić information content (AvgIpc) is 3.03. The van der Waals surface area contributed by atoms with Crippen LogP contribution in [-0.4, -0.2) is 20.2 Å².